The fraction of sp³-hybridized carbons (Fsp3) is 0.300. The van der Waals surface area contributed by atoms with Gasteiger partial charge in [0.25, 0.3) is 0 Å². The fourth-order valence-electron chi connectivity index (χ4n) is 1.38. The Morgan fingerprint density at radius 3 is 2.93 bits per heavy atom. The van der Waals surface area contributed by atoms with Crippen LogP contribution in [-0.2, 0) is 13.0 Å². The second kappa shape index (κ2) is 3.84. The van der Waals surface area contributed by atoms with Gasteiger partial charge in [-0.3, -0.25) is 0 Å². The van der Waals surface area contributed by atoms with Crippen LogP contribution in [0.1, 0.15) is 11.5 Å². The molecule has 2 aromatic rings. The molecule has 2 heterocycles. The Labute approximate surface area is 87.4 Å². The van der Waals surface area contributed by atoms with Crippen molar-refractivity contribution in [3.8, 4) is 0 Å². The second-order valence-corrected chi connectivity index (χ2v) is 3.61. The van der Waals surface area contributed by atoms with Gasteiger partial charge in [0.2, 0.25) is 0 Å². The maximum absolute atomic E-state index is 5.46. The molecule has 4 heteroatoms. The molecule has 0 unspecified atom stereocenters. The van der Waals surface area contributed by atoms with Crippen molar-refractivity contribution in [1.82, 2.24) is 9.55 Å². The summed E-state index contributed by atoms with van der Waals surface area (Å²) in [6, 6.07) is 3.98. The van der Waals surface area contributed by atoms with Gasteiger partial charge in [-0.05, 0) is 31.3 Å². The van der Waals surface area contributed by atoms with Crippen molar-refractivity contribution in [3.63, 3.8) is 0 Å². The second-order valence-electron chi connectivity index (χ2n) is 3.22. The summed E-state index contributed by atoms with van der Waals surface area (Å²) < 4.78 is 8.22. The van der Waals surface area contributed by atoms with E-state index in [0.29, 0.717) is 0 Å². The molecule has 1 N–H and O–H groups in total. The summed E-state index contributed by atoms with van der Waals surface area (Å²) in [6.45, 7) is 2.81. The lowest BCUT2D eigenvalue weighted by Crippen LogP contribution is -1.98. The Hall–Kier alpha value is -1.29. The monoisotopic (exact) mass is 208 g/mol. The minimum Gasteiger partial charge on any atom is -0.466 e. The highest BCUT2D eigenvalue weighted by Crippen LogP contribution is 2.07. The van der Waals surface area contributed by atoms with E-state index in [2.05, 4.69) is 4.98 Å². The molecule has 0 aromatic carbocycles. The van der Waals surface area contributed by atoms with Gasteiger partial charge in [-0.15, -0.1) is 0 Å². The number of aryl methyl sites for hydroxylation is 3. The average molecular weight is 208 g/mol. The summed E-state index contributed by atoms with van der Waals surface area (Å²) in [7, 11) is 0. The highest BCUT2D eigenvalue weighted by atomic mass is 32.1. The highest BCUT2D eigenvalue weighted by Gasteiger charge is 1.99. The van der Waals surface area contributed by atoms with Gasteiger partial charge in [-0.25, -0.2) is 0 Å². The summed E-state index contributed by atoms with van der Waals surface area (Å²) in [5, 5.41) is 0. The van der Waals surface area contributed by atoms with E-state index in [0.717, 1.165) is 29.3 Å². The van der Waals surface area contributed by atoms with Gasteiger partial charge in [0, 0.05) is 25.4 Å². The van der Waals surface area contributed by atoms with Crippen LogP contribution < -0.4 is 0 Å². The molecule has 0 aliphatic carbocycles. The molecule has 0 bridgehead atoms. The van der Waals surface area contributed by atoms with Crippen molar-refractivity contribution in [2.75, 3.05) is 0 Å². The van der Waals surface area contributed by atoms with Crippen LogP contribution in [0.3, 0.4) is 0 Å². The van der Waals surface area contributed by atoms with Crippen molar-refractivity contribution in [3.05, 3.63) is 40.8 Å². The molecule has 0 radical (unpaired) electrons. The standard InChI is InChI=1S/C10H12N2OS/c1-8-2-3-9(13-8)4-6-12-7-5-11-10(12)14/h2-3,5,7H,4,6H2,1H3,(H,11,14). The molecular formula is C10H12N2OS. The number of imidazole rings is 1. The SMILES string of the molecule is Cc1ccc(CCn2cc[nH]c2=S)o1. The first-order valence-corrected chi connectivity index (χ1v) is 4.95. The molecule has 3 nitrogen and oxygen atoms in total. The van der Waals surface area contributed by atoms with Crippen molar-refractivity contribution in [1.29, 1.82) is 0 Å². The predicted octanol–water partition coefficient (Wildman–Crippen LogP) is 2.69. The van der Waals surface area contributed by atoms with Crippen LogP contribution >= 0.6 is 12.2 Å². The fourth-order valence-corrected chi connectivity index (χ4v) is 1.60. The highest BCUT2D eigenvalue weighted by molar-refractivity contribution is 7.71. The Morgan fingerprint density at radius 1 is 1.50 bits per heavy atom. The van der Waals surface area contributed by atoms with E-state index in [-0.39, 0.29) is 0 Å². The topological polar surface area (TPSA) is 33.9 Å². The third-order valence-electron chi connectivity index (χ3n) is 2.12. The quantitative estimate of drug-likeness (QED) is 0.787. The molecule has 2 aromatic heterocycles. The number of hydrogen-bond donors (Lipinski definition) is 1. The van der Waals surface area contributed by atoms with E-state index < -0.39 is 0 Å². The van der Waals surface area contributed by atoms with Crippen LogP contribution in [-0.4, -0.2) is 9.55 Å². The number of nitrogens with zero attached hydrogens (tertiary/aromatic N) is 1. The minimum atomic E-state index is 0.758. The molecule has 0 aliphatic heterocycles. The van der Waals surface area contributed by atoms with Gasteiger partial charge in [-0.2, -0.15) is 0 Å². The number of hydrogen-bond acceptors (Lipinski definition) is 2. The lowest BCUT2D eigenvalue weighted by atomic mass is 10.3. The Kier molecular flexibility index (Phi) is 2.54. The zero-order chi connectivity index (χ0) is 9.97. The average Bonchev–Trinajstić information content (AvgIpc) is 2.72. The number of rotatable bonds is 3. The zero-order valence-corrected chi connectivity index (χ0v) is 8.80. The summed E-state index contributed by atoms with van der Waals surface area (Å²) >= 11 is 5.08. The van der Waals surface area contributed by atoms with E-state index in [1.807, 2.05) is 36.0 Å². The van der Waals surface area contributed by atoms with Gasteiger partial charge in [0.1, 0.15) is 11.5 Å². The van der Waals surface area contributed by atoms with Gasteiger partial charge in [0.05, 0.1) is 0 Å². The summed E-state index contributed by atoms with van der Waals surface area (Å²) in [4.78, 5) is 2.96. The van der Waals surface area contributed by atoms with Gasteiger partial charge in [0.15, 0.2) is 4.77 Å². The zero-order valence-electron chi connectivity index (χ0n) is 7.99. The van der Waals surface area contributed by atoms with Gasteiger partial charge in [-0.1, -0.05) is 0 Å². The lowest BCUT2D eigenvalue weighted by molar-refractivity contribution is 0.468. The molecule has 0 fully saturated rings. The molecule has 0 atom stereocenters. The first-order valence-electron chi connectivity index (χ1n) is 4.55. The van der Waals surface area contributed by atoms with Crippen LogP contribution in [0.4, 0.5) is 0 Å². The number of aromatic amines is 1. The molecular weight excluding hydrogens is 196 g/mol. The van der Waals surface area contributed by atoms with Crippen LogP contribution in [0.15, 0.2) is 28.9 Å². The Bertz CT molecular complexity index is 466. The van der Waals surface area contributed by atoms with Gasteiger partial charge < -0.3 is 14.0 Å². The molecule has 2 rings (SSSR count). The summed E-state index contributed by atoms with van der Waals surface area (Å²) in [5.41, 5.74) is 0. The van der Waals surface area contributed by atoms with Crippen molar-refractivity contribution in [2.45, 2.75) is 19.9 Å². The maximum Gasteiger partial charge on any atom is 0.177 e. The normalized spacial score (nSPS) is 10.6. The molecule has 74 valence electrons. The maximum atomic E-state index is 5.46. The number of H-pyrrole nitrogens is 1. The van der Waals surface area contributed by atoms with Crippen LogP contribution in [0.25, 0.3) is 0 Å². The molecule has 0 saturated heterocycles. The van der Waals surface area contributed by atoms with E-state index in [1.165, 1.54) is 0 Å². The third-order valence-corrected chi connectivity index (χ3v) is 2.47. The number of nitrogens with one attached hydrogen (secondary N) is 1. The third kappa shape index (κ3) is 1.96. The van der Waals surface area contributed by atoms with Crippen LogP contribution in [0.2, 0.25) is 0 Å². The molecule has 14 heavy (non-hydrogen) atoms. The van der Waals surface area contributed by atoms with Crippen molar-refractivity contribution < 1.29 is 4.42 Å². The first kappa shape index (κ1) is 9.27. The summed E-state index contributed by atoms with van der Waals surface area (Å²) in [6.07, 6.45) is 4.66. The minimum absolute atomic E-state index is 0.758. The molecule has 0 spiro atoms. The van der Waals surface area contributed by atoms with Crippen molar-refractivity contribution >= 4 is 12.2 Å². The predicted molar refractivity (Wildman–Crippen MR) is 56.8 cm³/mol. The van der Waals surface area contributed by atoms with Crippen LogP contribution in [0.5, 0.6) is 0 Å². The van der Waals surface area contributed by atoms with E-state index >= 15 is 0 Å². The molecule has 0 saturated carbocycles. The number of aromatic nitrogens is 2. The first-order chi connectivity index (χ1) is 6.75. The van der Waals surface area contributed by atoms with E-state index in [1.54, 1.807) is 0 Å². The Balaban J connectivity index is 2.01. The summed E-state index contributed by atoms with van der Waals surface area (Å²) in [5.74, 6) is 1.96. The van der Waals surface area contributed by atoms with Crippen molar-refractivity contribution in [2.24, 2.45) is 0 Å². The molecule has 0 amide bonds. The smallest absolute Gasteiger partial charge is 0.177 e. The lowest BCUT2D eigenvalue weighted by Gasteiger charge is -1.99. The number of furan rings is 1. The van der Waals surface area contributed by atoms with E-state index in [9.17, 15) is 0 Å². The van der Waals surface area contributed by atoms with E-state index in [4.69, 9.17) is 16.6 Å². The largest absolute Gasteiger partial charge is 0.466 e. The Morgan fingerprint density at radius 2 is 2.36 bits per heavy atom. The molecule has 0 aliphatic rings. The van der Waals surface area contributed by atoms with Gasteiger partial charge >= 0.3 is 0 Å². The van der Waals surface area contributed by atoms with Crippen LogP contribution in [0, 0.1) is 11.7 Å².